The average molecular weight is 206 g/mol. The van der Waals surface area contributed by atoms with Gasteiger partial charge in [0.25, 0.3) is 0 Å². The number of Topliss-reactive ketones (excluding diaryl/α,β-unsaturated/α-hetero) is 1. The zero-order valence-electron chi connectivity index (χ0n) is 10.2. The molecule has 4 aliphatic carbocycles. The molecule has 4 bridgehead atoms. The summed E-state index contributed by atoms with van der Waals surface area (Å²) in [4.78, 5) is 12.6. The van der Waals surface area contributed by atoms with Crippen molar-refractivity contribution in [3.63, 3.8) is 0 Å². The van der Waals surface area contributed by atoms with Crippen molar-refractivity contribution in [3.05, 3.63) is 0 Å². The van der Waals surface area contributed by atoms with Crippen molar-refractivity contribution >= 4 is 5.78 Å². The second kappa shape index (κ2) is 2.67. The molecule has 0 aromatic rings. The van der Waals surface area contributed by atoms with Gasteiger partial charge >= 0.3 is 0 Å². The van der Waals surface area contributed by atoms with Gasteiger partial charge in [-0.1, -0.05) is 33.6 Å². The summed E-state index contributed by atoms with van der Waals surface area (Å²) in [6, 6.07) is 0. The maximum atomic E-state index is 12.6. The quantitative estimate of drug-likeness (QED) is 0.593. The van der Waals surface area contributed by atoms with Crippen LogP contribution in [-0.2, 0) is 4.79 Å². The number of hydrogen-bond acceptors (Lipinski definition) is 1. The van der Waals surface area contributed by atoms with Crippen LogP contribution in [0.3, 0.4) is 0 Å². The standard InChI is InChI=1S/C14H22O/c1-9-7-13(2)8-10-5-4-6-14(3,11(9)10)12(13)15/h9-11H,4-8H2,1-3H3. The van der Waals surface area contributed by atoms with Gasteiger partial charge in [0.2, 0.25) is 0 Å². The largest absolute Gasteiger partial charge is 0.298 e. The van der Waals surface area contributed by atoms with E-state index in [0.717, 1.165) is 24.7 Å². The van der Waals surface area contributed by atoms with Crippen LogP contribution in [0, 0.1) is 28.6 Å². The summed E-state index contributed by atoms with van der Waals surface area (Å²) in [6.07, 6.45) is 6.17. The SMILES string of the molecule is CC1CC2(C)CC3CCCC(C)(C2=O)C13. The first-order chi connectivity index (χ1) is 6.97. The summed E-state index contributed by atoms with van der Waals surface area (Å²) in [6.45, 7) is 6.88. The van der Waals surface area contributed by atoms with E-state index in [1.165, 1.54) is 19.3 Å². The number of ketones is 1. The van der Waals surface area contributed by atoms with E-state index in [4.69, 9.17) is 0 Å². The zero-order valence-corrected chi connectivity index (χ0v) is 10.2. The third kappa shape index (κ3) is 1.02. The summed E-state index contributed by atoms with van der Waals surface area (Å²) < 4.78 is 0. The second-order valence-corrected chi connectivity index (χ2v) is 6.87. The minimum Gasteiger partial charge on any atom is -0.298 e. The lowest BCUT2D eigenvalue weighted by atomic mass is 9.40. The van der Waals surface area contributed by atoms with Crippen molar-refractivity contribution < 1.29 is 4.79 Å². The van der Waals surface area contributed by atoms with Gasteiger partial charge in [0.1, 0.15) is 5.78 Å². The molecule has 4 aliphatic rings. The van der Waals surface area contributed by atoms with Gasteiger partial charge in [-0.15, -0.1) is 0 Å². The Labute approximate surface area is 92.6 Å². The topological polar surface area (TPSA) is 17.1 Å². The van der Waals surface area contributed by atoms with Crippen LogP contribution in [0.25, 0.3) is 0 Å². The lowest BCUT2D eigenvalue weighted by Gasteiger charge is -2.62. The van der Waals surface area contributed by atoms with Crippen molar-refractivity contribution in [2.24, 2.45) is 28.6 Å². The molecule has 0 spiro atoms. The van der Waals surface area contributed by atoms with Crippen LogP contribution >= 0.6 is 0 Å². The summed E-state index contributed by atoms with van der Waals surface area (Å²) in [5.74, 6) is 2.95. The molecule has 5 unspecified atom stereocenters. The van der Waals surface area contributed by atoms with E-state index in [0.29, 0.717) is 11.7 Å². The second-order valence-electron chi connectivity index (χ2n) is 6.87. The lowest BCUT2D eigenvalue weighted by molar-refractivity contribution is -0.176. The smallest absolute Gasteiger partial charge is 0.144 e. The molecule has 15 heavy (non-hydrogen) atoms. The first-order valence-electron chi connectivity index (χ1n) is 6.52. The van der Waals surface area contributed by atoms with Crippen molar-refractivity contribution in [3.8, 4) is 0 Å². The molecule has 1 heteroatoms. The van der Waals surface area contributed by atoms with E-state index in [2.05, 4.69) is 20.8 Å². The van der Waals surface area contributed by atoms with Crippen LogP contribution in [0.5, 0.6) is 0 Å². The molecular weight excluding hydrogens is 184 g/mol. The van der Waals surface area contributed by atoms with E-state index >= 15 is 0 Å². The molecule has 0 aromatic carbocycles. The minimum atomic E-state index is 0.0357. The highest BCUT2D eigenvalue weighted by molar-refractivity contribution is 5.92. The Bertz CT molecular complexity index is 321. The van der Waals surface area contributed by atoms with Crippen LogP contribution in [-0.4, -0.2) is 5.78 Å². The highest BCUT2D eigenvalue weighted by Gasteiger charge is 2.63. The first kappa shape index (κ1) is 9.86. The van der Waals surface area contributed by atoms with Crippen molar-refractivity contribution in [2.45, 2.75) is 52.9 Å². The fraction of sp³-hybridized carbons (Fsp3) is 0.929. The highest BCUT2D eigenvalue weighted by Crippen LogP contribution is 2.65. The van der Waals surface area contributed by atoms with Crippen LogP contribution < -0.4 is 0 Å². The van der Waals surface area contributed by atoms with Gasteiger partial charge in [0, 0.05) is 10.8 Å². The molecule has 4 saturated carbocycles. The summed E-state index contributed by atoms with van der Waals surface area (Å²) in [5.41, 5.74) is 0.0849. The average Bonchev–Trinajstić information content (AvgIpc) is 2.13. The van der Waals surface area contributed by atoms with Gasteiger partial charge in [-0.05, 0) is 37.0 Å². The Morgan fingerprint density at radius 3 is 2.73 bits per heavy atom. The fourth-order valence-corrected chi connectivity index (χ4v) is 5.56. The maximum Gasteiger partial charge on any atom is 0.144 e. The highest BCUT2D eigenvalue weighted by atomic mass is 16.1. The Kier molecular flexibility index (Phi) is 1.76. The molecule has 0 saturated heterocycles. The summed E-state index contributed by atoms with van der Waals surface area (Å²) in [7, 11) is 0. The Balaban J connectivity index is 2.11. The first-order valence-corrected chi connectivity index (χ1v) is 6.52. The number of rotatable bonds is 0. The fourth-order valence-electron chi connectivity index (χ4n) is 5.56. The third-order valence-electron chi connectivity index (χ3n) is 5.68. The molecule has 0 aliphatic heterocycles. The van der Waals surface area contributed by atoms with Gasteiger partial charge in [0.15, 0.2) is 0 Å². The maximum absolute atomic E-state index is 12.6. The molecule has 1 nitrogen and oxygen atoms in total. The van der Waals surface area contributed by atoms with Crippen molar-refractivity contribution in [2.75, 3.05) is 0 Å². The molecular formula is C14H22O. The van der Waals surface area contributed by atoms with Crippen molar-refractivity contribution in [1.29, 1.82) is 0 Å². The molecule has 0 amide bonds. The van der Waals surface area contributed by atoms with Crippen LogP contribution in [0.2, 0.25) is 0 Å². The van der Waals surface area contributed by atoms with E-state index in [9.17, 15) is 4.79 Å². The predicted octanol–water partition coefficient (Wildman–Crippen LogP) is 3.43. The van der Waals surface area contributed by atoms with E-state index in [1.807, 2.05) is 0 Å². The number of carbonyl (C=O) groups excluding carboxylic acids is 1. The van der Waals surface area contributed by atoms with E-state index < -0.39 is 0 Å². The Morgan fingerprint density at radius 1 is 1.27 bits per heavy atom. The van der Waals surface area contributed by atoms with Gasteiger partial charge in [-0.25, -0.2) is 0 Å². The van der Waals surface area contributed by atoms with E-state index in [-0.39, 0.29) is 10.8 Å². The molecule has 0 radical (unpaired) electrons. The molecule has 4 rings (SSSR count). The summed E-state index contributed by atoms with van der Waals surface area (Å²) >= 11 is 0. The number of carbonyl (C=O) groups is 1. The molecule has 0 heterocycles. The van der Waals surface area contributed by atoms with Gasteiger partial charge < -0.3 is 0 Å². The molecule has 4 fully saturated rings. The van der Waals surface area contributed by atoms with Gasteiger partial charge in [-0.3, -0.25) is 4.79 Å². The lowest BCUT2D eigenvalue weighted by Crippen LogP contribution is -2.62. The normalized spacial score (nSPS) is 58.3. The van der Waals surface area contributed by atoms with Crippen LogP contribution in [0.1, 0.15) is 52.9 Å². The molecule has 0 aromatic heterocycles. The van der Waals surface area contributed by atoms with Crippen molar-refractivity contribution in [1.82, 2.24) is 0 Å². The van der Waals surface area contributed by atoms with Crippen LogP contribution in [0.4, 0.5) is 0 Å². The monoisotopic (exact) mass is 206 g/mol. The minimum absolute atomic E-state index is 0.0357. The Morgan fingerprint density at radius 2 is 2.00 bits per heavy atom. The number of fused-ring (bicyclic) bond motifs is 1. The predicted molar refractivity (Wildman–Crippen MR) is 60.5 cm³/mol. The van der Waals surface area contributed by atoms with Crippen LogP contribution in [0.15, 0.2) is 0 Å². The molecule has 0 N–H and O–H groups in total. The molecule has 5 atom stereocenters. The Hall–Kier alpha value is -0.330. The van der Waals surface area contributed by atoms with Gasteiger partial charge in [0.05, 0.1) is 0 Å². The zero-order chi connectivity index (χ0) is 10.8. The molecule has 84 valence electrons. The third-order valence-corrected chi connectivity index (χ3v) is 5.68. The number of hydrogen-bond donors (Lipinski definition) is 0. The summed E-state index contributed by atoms with van der Waals surface area (Å²) in [5, 5.41) is 0. The van der Waals surface area contributed by atoms with E-state index in [1.54, 1.807) is 0 Å². The van der Waals surface area contributed by atoms with Gasteiger partial charge in [-0.2, -0.15) is 0 Å².